The first kappa shape index (κ1) is 14.5. The third kappa shape index (κ3) is 5.33. The molecule has 0 saturated heterocycles. The highest BCUT2D eigenvalue weighted by Gasteiger charge is 2.12. The maximum Gasteiger partial charge on any atom is 0.0575 e. The van der Waals surface area contributed by atoms with Crippen LogP contribution in [0.25, 0.3) is 0 Å². The predicted molar refractivity (Wildman–Crippen MR) is 80.3 cm³/mol. The lowest BCUT2D eigenvalue weighted by Gasteiger charge is -2.21. The van der Waals surface area contributed by atoms with Gasteiger partial charge < -0.3 is 10.1 Å². The van der Waals surface area contributed by atoms with Gasteiger partial charge in [0.15, 0.2) is 0 Å². The molecular weight excluding hydrogens is 234 g/mol. The van der Waals surface area contributed by atoms with E-state index in [1.165, 1.54) is 43.2 Å². The van der Waals surface area contributed by atoms with Crippen LogP contribution in [0.1, 0.15) is 49.7 Å². The lowest BCUT2D eigenvalue weighted by Crippen LogP contribution is -2.20. The quantitative estimate of drug-likeness (QED) is 0.753. The molecule has 0 aromatic heterocycles. The molecule has 1 aliphatic carbocycles. The van der Waals surface area contributed by atoms with E-state index in [0.29, 0.717) is 6.10 Å². The van der Waals surface area contributed by atoms with Crippen molar-refractivity contribution in [3.05, 3.63) is 35.4 Å². The van der Waals surface area contributed by atoms with Gasteiger partial charge in [-0.1, -0.05) is 43.5 Å². The highest BCUT2D eigenvalue weighted by Crippen LogP contribution is 2.20. The van der Waals surface area contributed by atoms with Gasteiger partial charge in [-0.25, -0.2) is 0 Å². The van der Waals surface area contributed by atoms with Crippen molar-refractivity contribution in [1.29, 1.82) is 0 Å². The summed E-state index contributed by atoms with van der Waals surface area (Å²) < 4.78 is 5.92. The monoisotopic (exact) mass is 261 g/mol. The predicted octanol–water partition coefficient (Wildman–Crippen LogP) is 3.82. The number of hydrogen-bond donors (Lipinski definition) is 1. The Morgan fingerprint density at radius 2 is 1.95 bits per heavy atom. The fourth-order valence-corrected chi connectivity index (χ4v) is 2.71. The number of ether oxygens (including phenoxy) is 1. The van der Waals surface area contributed by atoms with Gasteiger partial charge in [0.25, 0.3) is 0 Å². The van der Waals surface area contributed by atoms with Crippen molar-refractivity contribution in [2.75, 3.05) is 13.2 Å². The molecular formula is C17H27NO. The van der Waals surface area contributed by atoms with Crippen LogP contribution in [0.2, 0.25) is 0 Å². The van der Waals surface area contributed by atoms with E-state index in [0.717, 1.165) is 26.1 Å². The second-order valence-electron chi connectivity index (χ2n) is 5.59. The minimum absolute atomic E-state index is 0.546. The van der Waals surface area contributed by atoms with Crippen molar-refractivity contribution in [2.24, 2.45) is 0 Å². The standard InChI is InChI=1S/C17H27NO/c1-15-8-5-6-9-16(15)14-18-12-7-13-19-17-10-3-2-4-11-17/h5-6,8-9,17-18H,2-4,7,10-14H2,1H3. The molecule has 1 aromatic carbocycles. The molecule has 0 heterocycles. The van der Waals surface area contributed by atoms with Gasteiger partial charge in [0.1, 0.15) is 0 Å². The van der Waals surface area contributed by atoms with E-state index in [-0.39, 0.29) is 0 Å². The van der Waals surface area contributed by atoms with Gasteiger partial charge in [-0.3, -0.25) is 0 Å². The highest BCUT2D eigenvalue weighted by molar-refractivity contribution is 5.25. The van der Waals surface area contributed by atoms with Gasteiger partial charge >= 0.3 is 0 Å². The molecule has 1 aromatic rings. The number of rotatable bonds is 7. The van der Waals surface area contributed by atoms with Crippen LogP contribution in [-0.2, 0) is 11.3 Å². The Balaban J connectivity index is 1.51. The van der Waals surface area contributed by atoms with E-state index in [2.05, 4.69) is 36.5 Å². The molecule has 0 aliphatic heterocycles. The molecule has 2 nitrogen and oxygen atoms in total. The number of hydrogen-bond acceptors (Lipinski definition) is 2. The van der Waals surface area contributed by atoms with Gasteiger partial charge in [-0.2, -0.15) is 0 Å². The van der Waals surface area contributed by atoms with Crippen LogP contribution in [-0.4, -0.2) is 19.3 Å². The second-order valence-corrected chi connectivity index (χ2v) is 5.59. The summed E-state index contributed by atoms with van der Waals surface area (Å²) in [6.07, 6.45) is 8.32. The van der Waals surface area contributed by atoms with Crippen molar-refractivity contribution in [3.8, 4) is 0 Å². The largest absolute Gasteiger partial charge is 0.378 e. The molecule has 1 saturated carbocycles. The third-order valence-electron chi connectivity index (χ3n) is 3.98. The Kier molecular flexibility index (Phi) is 6.38. The van der Waals surface area contributed by atoms with Crippen molar-refractivity contribution in [3.63, 3.8) is 0 Å². The topological polar surface area (TPSA) is 21.3 Å². The molecule has 0 atom stereocenters. The average molecular weight is 261 g/mol. The summed E-state index contributed by atoms with van der Waals surface area (Å²) >= 11 is 0. The molecule has 2 rings (SSSR count). The van der Waals surface area contributed by atoms with Gasteiger partial charge in [-0.05, 0) is 43.9 Å². The maximum absolute atomic E-state index is 5.92. The summed E-state index contributed by atoms with van der Waals surface area (Å²) in [5.41, 5.74) is 2.77. The average Bonchev–Trinajstić information content (AvgIpc) is 2.45. The molecule has 0 bridgehead atoms. The van der Waals surface area contributed by atoms with E-state index in [1.54, 1.807) is 0 Å². The fourth-order valence-electron chi connectivity index (χ4n) is 2.71. The minimum Gasteiger partial charge on any atom is -0.378 e. The maximum atomic E-state index is 5.92. The first-order valence-electron chi connectivity index (χ1n) is 7.73. The van der Waals surface area contributed by atoms with E-state index in [1.807, 2.05) is 0 Å². The van der Waals surface area contributed by atoms with Crippen LogP contribution < -0.4 is 5.32 Å². The molecule has 106 valence electrons. The summed E-state index contributed by atoms with van der Waals surface area (Å²) in [4.78, 5) is 0. The smallest absolute Gasteiger partial charge is 0.0575 e. The minimum atomic E-state index is 0.546. The molecule has 1 aliphatic rings. The Morgan fingerprint density at radius 1 is 1.16 bits per heavy atom. The van der Waals surface area contributed by atoms with Crippen molar-refractivity contribution >= 4 is 0 Å². The van der Waals surface area contributed by atoms with Crippen molar-refractivity contribution in [2.45, 2.75) is 58.1 Å². The van der Waals surface area contributed by atoms with Crippen LogP contribution in [0, 0.1) is 6.92 Å². The molecule has 1 fully saturated rings. The van der Waals surface area contributed by atoms with Gasteiger partial charge in [0.2, 0.25) is 0 Å². The molecule has 2 heteroatoms. The number of aryl methyl sites for hydroxylation is 1. The zero-order valence-corrected chi connectivity index (χ0v) is 12.2. The Bertz CT molecular complexity index is 358. The van der Waals surface area contributed by atoms with E-state index in [9.17, 15) is 0 Å². The van der Waals surface area contributed by atoms with Crippen LogP contribution >= 0.6 is 0 Å². The number of benzene rings is 1. The molecule has 19 heavy (non-hydrogen) atoms. The van der Waals surface area contributed by atoms with Crippen LogP contribution in [0.5, 0.6) is 0 Å². The van der Waals surface area contributed by atoms with E-state index >= 15 is 0 Å². The van der Waals surface area contributed by atoms with Crippen LogP contribution in [0.4, 0.5) is 0 Å². The summed E-state index contributed by atoms with van der Waals surface area (Å²) in [5.74, 6) is 0. The summed E-state index contributed by atoms with van der Waals surface area (Å²) in [6, 6.07) is 8.57. The van der Waals surface area contributed by atoms with Gasteiger partial charge in [0, 0.05) is 13.2 Å². The SMILES string of the molecule is Cc1ccccc1CNCCCOC1CCCCC1. The highest BCUT2D eigenvalue weighted by atomic mass is 16.5. The Morgan fingerprint density at radius 3 is 2.74 bits per heavy atom. The molecule has 0 amide bonds. The lowest BCUT2D eigenvalue weighted by atomic mass is 9.98. The summed E-state index contributed by atoms with van der Waals surface area (Å²) in [6.45, 7) is 5.09. The zero-order chi connectivity index (χ0) is 13.3. The van der Waals surface area contributed by atoms with E-state index < -0.39 is 0 Å². The van der Waals surface area contributed by atoms with Crippen LogP contribution in [0.3, 0.4) is 0 Å². The first-order chi connectivity index (χ1) is 9.36. The summed E-state index contributed by atoms with van der Waals surface area (Å²) in [5, 5.41) is 3.50. The normalized spacial score (nSPS) is 16.7. The van der Waals surface area contributed by atoms with E-state index in [4.69, 9.17) is 4.74 Å². The second kappa shape index (κ2) is 8.34. The Labute approximate surface area is 117 Å². The summed E-state index contributed by atoms with van der Waals surface area (Å²) in [7, 11) is 0. The number of nitrogens with one attached hydrogen (secondary N) is 1. The van der Waals surface area contributed by atoms with Gasteiger partial charge in [0.05, 0.1) is 6.10 Å². The first-order valence-corrected chi connectivity index (χ1v) is 7.73. The lowest BCUT2D eigenvalue weighted by molar-refractivity contribution is 0.0273. The molecule has 1 N–H and O–H groups in total. The molecule has 0 unspecified atom stereocenters. The molecule has 0 spiro atoms. The Hall–Kier alpha value is -0.860. The van der Waals surface area contributed by atoms with Gasteiger partial charge in [-0.15, -0.1) is 0 Å². The third-order valence-corrected chi connectivity index (χ3v) is 3.98. The fraction of sp³-hybridized carbons (Fsp3) is 0.647. The van der Waals surface area contributed by atoms with Crippen molar-refractivity contribution < 1.29 is 4.74 Å². The van der Waals surface area contributed by atoms with Crippen LogP contribution in [0.15, 0.2) is 24.3 Å². The zero-order valence-electron chi connectivity index (χ0n) is 12.2. The molecule has 0 radical (unpaired) electrons. The van der Waals surface area contributed by atoms with Crippen molar-refractivity contribution in [1.82, 2.24) is 5.32 Å².